The van der Waals surface area contributed by atoms with E-state index in [2.05, 4.69) is 10.2 Å². The Bertz CT molecular complexity index is 515. The number of aliphatic hydroxyl groups is 1. The van der Waals surface area contributed by atoms with E-state index in [4.69, 9.17) is 4.42 Å². The molecule has 0 fully saturated rings. The van der Waals surface area contributed by atoms with Crippen LogP contribution in [0.2, 0.25) is 0 Å². The topological polar surface area (TPSA) is 64.1 Å². The molecule has 1 N–H and O–H groups in total. The molecule has 0 aliphatic carbocycles. The van der Waals surface area contributed by atoms with Gasteiger partial charge in [-0.3, -0.25) is 0 Å². The van der Waals surface area contributed by atoms with Gasteiger partial charge < -0.3 is 14.1 Å². The summed E-state index contributed by atoms with van der Waals surface area (Å²) in [6.45, 7) is 2.45. The molecule has 0 saturated heterocycles. The minimum Gasteiger partial charge on any atom is -0.458 e. The van der Waals surface area contributed by atoms with E-state index in [0.29, 0.717) is 18.1 Å². The molecule has 5 heteroatoms. The van der Waals surface area contributed by atoms with Gasteiger partial charge in [-0.15, -0.1) is 10.2 Å². The molecule has 3 rings (SSSR count). The molecule has 2 aromatic heterocycles. The Morgan fingerprint density at radius 3 is 3.06 bits per heavy atom. The van der Waals surface area contributed by atoms with Gasteiger partial charge >= 0.3 is 0 Å². The average Bonchev–Trinajstić information content (AvgIpc) is 2.83. The summed E-state index contributed by atoms with van der Waals surface area (Å²) < 4.78 is 7.46. The van der Waals surface area contributed by atoms with Crippen molar-refractivity contribution in [2.24, 2.45) is 0 Å². The monoisotopic (exact) mass is 219 g/mol. The Hall–Kier alpha value is -1.62. The van der Waals surface area contributed by atoms with Crippen LogP contribution in [-0.2, 0) is 13.0 Å². The zero-order chi connectivity index (χ0) is 11.1. The van der Waals surface area contributed by atoms with Gasteiger partial charge in [-0.2, -0.15) is 0 Å². The zero-order valence-corrected chi connectivity index (χ0v) is 9.05. The maximum absolute atomic E-state index is 9.64. The number of hydrogen-bond acceptors (Lipinski definition) is 4. The summed E-state index contributed by atoms with van der Waals surface area (Å²) in [5.74, 6) is 3.20. The average molecular weight is 219 g/mol. The fourth-order valence-electron chi connectivity index (χ4n) is 2.05. The lowest BCUT2D eigenvalue weighted by atomic mass is 10.1. The SMILES string of the molecule is Cc1ccc(-c2nnc3n2CC(O)CC3)o1. The fourth-order valence-corrected chi connectivity index (χ4v) is 2.05. The van der Waals surface area contributed by atoms with E-state index in [1.807, 2.05) is 23.6 Å². The minimum atomic E-state index is -0.307. The molecule has 2 aromatic rings. The highest BCUT2D eigenvalue weighted by molar-refractivity contribution is 5.47. The maximum atomic E-state index is 9.64. The number of aliphatic hydroxyl groups excluding tert-OH is 1. The molecule has 0 bridgehead atoms. The summed E-state index contributed by atoms with van der Waals surface area (Å²) >= 11 is 0. The molecule has 1 aliphatic rings. The molecule has 5 nitrogen and oxygen atoms in total. The van der Waals surface area contributed by atoms with Gasteiger partial charge in [0.1, 0.15) is 11.6 Å². The third-order valence-corrected chi connectivity index (χ3v) is 2.88. The van der Waals surface area contributed by atoms with Crippen LogP contribution in [0, 0.1) is 6.92 Å². The summed E-state index contributed by atoms with van der Waals surface area (Å²) in [6.07, 6.45) is 1.22. The molecule has 0 amide bonds. The van der Waals surface area contributed by atoms with E-state index < -0.39 is 0 Å². The Morgan fingerprint density at radius 1 is 1.44 bits per heavy atom. The Balaban J connectivity index is 2.06. The molecule has 0 saturated carbocycles. The second-order valence-corrected chi connectivity index (χ2v) is 4.15. The van der Waals surface area contributed by atoms with Gasteiger partial charge in [-0.25, -0.2) is 0 Å². The first-order valence-corrected chi connectivity index (χ1v) is 5.41. The second kappa shape index (κ2) is 3.45. The predicted molar refractivity (Wildman–Crippen MR) is 56.8 cm³/mol. The molecule has 0 radical (unpaired) electrons. The van der Waals surface area contributed by atoms with Gasteiger partial charge in [0.05, 0.1) is 12.6 Å². The van der Waals surface area contributed by atoms with Crippen molar-refractivity contribution < 1.29 is 9.52 Å². The van der Waals surface area contributed by atoms with Gasteiger partial charge in [0.25, 0.3) is 0 Å². The van der Waals surface area contributed by atoms with Crippen LogP contribution in [0.5, 0.6) is 0 Å². The Labute approximate surface area is 92.7 Å². The van der Waals surface area contributed by atoms with Crippen molar-refractivity contribution in [3.8, 4) is 11.6 Å². The third kappa shape index (κ3) is 1.44. The van der Waals surface area contributed by atoms with Crippen molar-refractivity contribution in [2.75, 3.05) is 0 Å². The molecule has 0 aromatic carbocycles. The minimum absolute atomic E-state index is 0.307. The first-order valence-electron chi connectivity index (χ1n) is 5.41. The lowest BCUT2D eigenvalue weighted by Crippen LogP contribution is -2.24. The summed E-state index contributed by atoms with van der Waals surface area (Å²) in [7, 11) is 0. The predicted octanol–water partition coefficient (Wildman–Crippen LogP) is 1.15. The lowest BCUT2D eigenvalue weighted by molar-refractivity contribution is 0.131. The maximum Gasteiger partial charge on any atom is 0.199 e. The van der Waals surface area contributed by atoms with Crippen LogP contribution in [0.3, 0.4) is 0 Å². The Kier molecular flexibility index (Phi) is 2.07. The van der Waals surface area contributed by atoms with Crippen LogP contribution >= 0.6 is 0 Å². The molecule has 16 heavy (non-hydrogen) atoms. The number of nitrogens with zero attached hydrogens (tertiary/aromatic N) is 3. The summed E-state index contributed by atoms with van der Waals surface area (Å²) in [6, 6.07) is 3.78. The number of furan rings is 1. The molecular formula is C11H13N3O2. The van der Waals surface area contributed by atoms with Crippen LogP contribution < -0.4 is 0 Å². The normalized spacial score (nSPS) is 19.8. The quantitative estimate of drug-likeness (QED) is 0.781. The molecule has 1 atom stereocenters. The molecule has 1 unspecified atom stereocenters. The van der Waals surface area contributed by atoms with Gasteiger partial charge in [0.2, 0.25) is 0 Å². The second-order valence-electron chi connectivity index (χ2n) is 4.15. The van der Waals surface area contributed by atoms with Crippen LogP contribution in [0.1, 0.15) is 18.0 Å². The number of hydrogen-bond donors (Lipinski definition) is 1. The van der Waals surface area contributed by atoms with Crippen LogP contribution in [0.15, 0.2) is 16.5 Å². The van der Waals surface area contributed by atoms with E-state index in [1.165, 1.54) is 0 Å². The number of rotatable bonds is 1. The van der Waals surface area contributed by atoms with Crippen molar-refractivity contribution in [3.63, 3.8) is 0 Å². The van der Waals surface area contributed by atoms with Gasteiger partial charge in [-0.05, 0) is 25.5 Å². The number of aryl methyl sites for hydroxylation is 2. The highest BCUT2D eigenvalue weighted by Gasteiger charge is 2.23. The van der Waals surface area contributed by atoms with Gasteiger partial charge in [-0.1, -0.05) is 0 Å². The third-order valence-electron chi connectivity index (χ3n) is 2.88. The fraction of sp³-hybridized carbons (Fsp3) is 0.455. The zero-order valence-electron chi connectivity index (χ0n) is 9.05. The summed E-state index contributed by atoms with van der Waals surface area (Å²) in [5.41, 5.74) is 0. The number of aromatic nitrogens is 3. The Morgan fingerprint density at radius 2 is 2.31 bits per heavy atom. The highest BCUT2D eigenvalue weighted by atomic mass is 16.3. The van der Waals surface area contributed by atoms with E-state index in [9.17, 15) is 5.11 Å². The molecular weight excluding hydrogens is 206 g/mol. The molecule has 0 spiro atoms. The van der Waals surface area contributed by atoms with Crippen LogP contribution in [-0.4, -0.2) is 26.0 Å². The largest absolute Gasteiger partial charge is 0.458 e. The summed E-state index contributed by atoms with van der Waals surface area (Å²) in [5, 5.41) is 17.9. The smallest absolute Gasteiger partial charge is 0.199 e. The van der Waals surface area contributed by atoms with Crippen LogP contribution in [0.4, 0.5) is 0 Å². The standard InChI is InChI=1S/C11H13N3O2/c1-7-2-4-9(16-7)11-13-12-10-5-3-8(15)6-14(10)11/h2,4,8,15H,3,5-6H2,1H3. The summed E-state index contributed by atoms with van der Waals surface area (Å²) in [4.78, 5) is 0. The first-order chi connectivity index (χ1) is 7.74. The van der Waals surface area contributed by atoms with E-state index in [0.717, 1.165) is 24.4 Å². The van der Waals surface area contributed by atoms with E-state index >= 15 is 0 Å². The molecule has 1 aliphatic heterocycles. The van der Waals surface area contributed by atoms with Crippen molar-refractivity contribution >= 4 is 0 Å². The van der Waals surface area contributed by atoms with Crippen LogP contribution in [0.25, 0.3) is 11.6 Å². The molecule has 84 valence electrons. The number of fused-ring (bicyclic) bond motifs is 1. The van der Waals surface area contributed by atoms with Crippen molar-refractivity contribution in [1.29, 1.82) is 0 Å². The van der Waals surface area contributed by atoms with Crippen molar-refractivity contribution in [3.05, 3.63) is 23.7 Å². The highest BCUT2D eigenvalue weighted by Crippen LogP contribution is 2.24. The van der Waals surface area contributed by atoms with Crippen molar-refractivity contribution in [1.82, 2.24) is 14.8 Å². The van der Waals surface area contributed by atoms with Gasteiger partial charge in [0.15, 0.2) is 11.6 Å². The lowest BCUT2D eigenvalue weighted by Gasteiger charge is -2.19. The van der Waals surface area contributed by atoms with E-state index in [-0.39, 0.29) is 6.10 Å². The van der Waals surface area contributed by atoms with Crippen molar-refractivity contribution in [2.45, 2.75) is 32.4 Å². The first kappa shape index (κ1) is 9.59. The molecule has 3 heterocycles. The van der Waals surface area contributed by atoms with Gasteiger partial charge in [0, 0.05) is 6.42 Å². The van der Waals surface area contributed by atoms with E-state index in [1.54, 1.807) is 0 Å².